The van der Waals surface area contributed by atoms with Gasteiger partial charge in [0.15, 0.2) is 5.01 Å². The second-order valence-corrected chi connectivity index (χ2v) is 7.90. The number of fused-ring (bicyclic) bond motifs is 1. The highest BCUT2D eigenvalue weighted by molar-refractivity contribution is 7.12. The summed E-state index contributed by atoms with van der Waals surface area (Å²) in [5, 5.41) is 3.49. The fourth-order valence-corrected chi connectivity index (χ4v) is 4.30. The molecule has 1 N–H and O–H groups in total. The highest BCUT2D eigenvalue weighted by atomic mass is 32.1. The molecule has 3 aromatic rings. The van der Waals surface area contributed by atoms with Crippen molar-refractivity contribution in [3.05, 3.63) is 58.4 Å². The normalized spacial score (nSPS) is 16.9. The molecule has 0 bridgehead atoms. The zero-order valence-corrected chi connectivity index (χ0v) is 16.3. The Kier molecular flexibility index (Phi) is 4.20. The van der Waals surface area contributed by atoms with Crippen molar-refractivity contribution < 1.29 is 4.79 Å². The molecule has 5 rings (SSSR count). The van der Waals surface area contributed by atoms with Crippen LogP contribution >= 0.6 is 11.3 Å². The summed E-state index contributed by atoms with van der Waals surface area (Å²) < 4.78 is 0. The van der Waals surface area contributed by atoms with Gasteiger partial charge in [-0.05, 0) is 25.3 Å². The molecule has 1 amide bonds. The number of aromatic amines is 1. The van der Waals surface area contributed by atoms with E-state index in [-0.39, 0.29) is 5.91 Å². The number of nitrogens with one attached hydrogen (secondary N) is 1. The third-order valence-corrected chi connectivity index (χ3v) is 6.02. The number of carbonyl (C=O) groups is 1. The zero-order valence-electron chi connectivity index (χ0n) is 15.5. The van der Waals surface area contributed by atoms with Crippen LogP contribution in [0.2, 0.25) is 0 Å². The second-order valence-electron chi connectivity index (χ2n) is 7.04. The molecular weight excluding hydrogens is 370 g/mol. The number of pyridine rings is 1. The van der Waals surface area contributed by atoms with Crippen LogP contribution in [-0.2, 0) is 0 Å². The minimum atomic E-state index is 0.0226. The summed E-state index contributed by atoms with van der Waals surface area (Å²) in [4.78, 5) is 29.3. The van der Waals surface area contributed by atoms with E-state index < -0.39 is 0 Å². The first-order valence-corrected chi connectivity index (χ1v) is 10.1. The molecule has 1 aliphatic carbocycles. The highest BCUT2D eigenvalue weighted by Crippen LogP contribution is 2.31. The average Bonchev–Trinajstić information content (AvgIpc) is 3.47. The van der Waals surface area contributed by atoms with Gasteiger partial charge < -0.3 is 14.8 Å². The fourth-order valence-electron chi connectivity index (χ4n) is 3.51. The molecular formula is C21H19N5OS. The molecule has 2 aliphatic rings. The first-order chi connectivity index (χ1) is 13.7. The molecule has 6 nitrogen and oxygen atoms in total. The molecule has 7 heteroatoms. The SMILES string of the molecule is CN1CCN(C(=O)c2nc(-c3c[nH]c4ncc(C5=C=CC=C5)cc34)cs2)CC1. The van der Waals surface area contributed by atoms with Crippen molar-refractivity contribution in [3.8, 4) is 11.3 Å². The number of allylic oxidation sites excluding steroid dienone is 3. The highest BCUT2D eigenvalue weighted by Gasteiger charge is 2.23. The summed E-state index contributed by atoms with van der Waals surface area (Å²) in [5.74, 6) is 0.0226. The van der Waals surface area contributed by atoms with Crippen LogP contribution in [0.25, 0.3) is 27.9 Å². The van der Waals surface area contributed by atoms with E-state index >= 15 is 0 Å². The quantitative estimate of drug-likeness (QED) is 0.699. The Morgan fingerprint density at radius 3 is 2.93 bits per heavy atom. The minimum absolute atomic E-state index is 0.0226. The maximum absolute atomic E-state index is 12.8. The summed E-state index contributed by atoms with van der Waals surface area (Å²) in [6.07, 6.45) is 9.64. The Morgan fingerprint density at radius 2 is 2.14 bits per heavy atom. The number of piperazine rings is 1. The van der Waals surface area contributed by atoms with Crippen LogP contribution in [0, 0.1) is 0 Å². The van der Waals surface area contributed by atoms with Gasteiger partial charge in [-0.2, -0.15) is 0 Å². The van der Waals surface area contributed by atoms with Crippen LogP contribution in [0.15, 0.2) is 47.8 Å². The van der Waals surface area contributed by atoms with Gasteiger partial charge in [-0.15, -0.1) is 17.1 Å². The average molecular weight is 389 g/mol. The lowest BCUT2D eigenvalue weighted by molar-refractivity contribution is 0.0664. The summed E-state index contributed by atoms with van der Waals surface area (Å²) in [5.41, 5.74) is 7.82. The van der Waals surface area contributed by atoms with E-state index in [1.54, 1.807) is 0 Å². The van der Waals surface area contributed by atoms with Crippen LogP contribution in [0.3, 0.4) is 0 Å². The summed E-state index contributed by atoms with van der Waals surface area (Å²) in [6.45, 7) is 3.31. The number of aromatic nitrogens is 3. The number of rotatable bonds is 3. The minimum Gasteiger partial charge on any atom is -0.345 e. The van der Waals surface area contributed by atoms with E-state index in [4.69, 9.17) is 0 Å². The number of hydrogen-bond acceptors (Lipinski definition) is 5. The molecule has 0 unspecified atom stereocenters. The summed E-state index contributed by atoms with van der Waals surface area (Å²) >= 11 is 1.40. The molecule has 0 spiro atoms. The van der Waals surface area contributed by atoms with Gasteiger partial charge in [0, 0.05) is 66.0 Å². The molecule has 0 radical (unpaired) electrons. The summed E-state index contributed by atoms with van der Waals surface area (Å²) in [7, 11) is 2.08. The number of nitrogens with zero attached hydrogens (tertiary/aromatic N) is 4. The van der Waals surface area contributed by atoms with Crippen LogP contribution in [0.5, 0.6) is 0 Å². The monoisotopic (exact) mass is 389 g/mol. The van der Waals surface area contributed by atoms with E-state index in [0.29, 0.717) is 5.01 Å². The lowest BCUT2D eigenvalue weighted by Crippen LogP contribution is -2.47. The molecule has 0 aromatic carbocycles. The molecule has 3 aromatic heterocycles. The van der Waals surface area contributed by atoms with Crippen molar-refractivity contribution in [1.29, 1.82) is 0 Å². The van der Waals surface area contributed by atoms with Crippen LogP contribution in [0.1, 0.15) is 15.4 Å². The van der Waals surface area contributed by atoms with Crippen LogP contribution < -0.4 is 0 Å². The van der Waals surface area contributed by atoms with Crippen LogP contribution in [-0.4, -0.2) is 63.9 Å². The van der Waals surface area contributed by atoms with Gasteiger partial charge in [-0.25, -0.2) is 9.97 Å². The number of thiazole rings is 1. The van der Waals surface area contributed by atoms with Crippen molar-refractivity contribution in [2.75, 3.05) is 33.2 Å². The lowest BCUT2D eigenvalue weighted by Gasteiger charge is -2.31. The standard InChI is InChI=1S/C21H19N5OS/c1-25-6-8-26(9-7-25)21(27)20-24-18(13-28-20)17-12-23-19-16(17)10-15(11-22-19)14-4-2-3-5-14/h2-4,10-13H,6-9H2,1H3,(H,22,23). The van der Waals surface area contributed by atoms with Crippen molar-refractivity contribution in [3.63, 3.8) is 0 Å². The van der Waals surface area contributed by atoms with E-state index in [1.807, 2.05) is 40.9 Å². The number of amides is 1. The number of H-pyrrole nitrogens is 1. The zero-order chi connectivity index (χ0) is 19.1. The fraction of sp³-hybridized carbons (Fsp3) is 0.238. The van der Waals surface area contributed by atoms with Gasteiger partial charge in [0.1, 0.15) is 5.65 Å². The Hall–Kier alpha value is -2.99. The van der Waals surface area contributed by atoms with Gasteiger partial charge in [0.2, 0.25) is 0 Å². The molecule has 1 aliphatic heterocycles. The molecule has 140 valence electrons. The maximum atomic E-state index is 12.8. The number of likely N-dealkylation sites (N-methyl/N-ethyl adjacent to an activating group) is 1. The lowest BCUT2D eigenvalue weighted by atomic mass is 10.1. The van der Waals surface area contributed by atoms with Gasteiger partial charge in [-0.3, -0.25) is 4.79 Å². The van der Waals surface area contributed by atoms with Crippen LogP contribution in [0.4, 0.5) is 0 Å². The molecule has 1 fully saturated rings. The van der Waals surface area contributed by atoms with Gasteiger partial charge >= 0.3 is 0 Å². The Bertz CT molecular complexity index is 1160. The number of hydrogen-bond donors (Lipinski definition) is 1. The van der Waals surface area contributed by atoms with E-state index in [2.05, 4.69) is 38.7 Å². The Morgan fingerprint density at radius 1 is 1.29 bits per heavy atom. The predicted octanol–water partition coefficient (Wildman–Crippen LogP) is 3.18. The third-order valence-electron chi connectivity index (χ3n) is 5.19. The molecule has 0 atom stereocenters. The molecule has 0 saturated carbocycles. The van der Waals surface area contributed by atoms with E-state index in [0.717, 1.165) is 59.6 Å². The second kappa shape index (κ2) is 6.87. The van der Waals surface area contributed by atoms with E-state index in [1.165, 1.54) is 11.3 Å². The molecule has 1 saturated heterocycles. The maximum Gasteiger partial charge on any atom is 0.282 e. The van der Waals surface area contributed by atoms with Crippen molar-refractivity contribution in [2.24, 2.45) is 0 Å². The molecule has 4 heterocycles. The number of carbonyl (C=O) groups excluding carboxylic acids is 1. The molecule has 28 heavy (non-hydrogen) atoms. The van der Waals surface area contributed by atoms with Gasteiger partial charge in [-0.1, -0.05) is 6.08 Å². The smallest absolute Gasteiger partial charge is 0.282 e. The first-order valence-electron chi connectivity index (χ1n) is 9.23. The van der Waals surface area contributed by atoms with E-state index in [9.17, 15) is 4.79 Å². The summed E-state index contributed by atoms with van der Waals surface area (Å²) in [6, 6.07) is 2.10. The first kappa shape index (κ1) is 17.1. The topological polar surface area (TPSA) is 65.1 Å². The van der Waals surface area contributed by atoms with Gasteiger partial charge in [0.25, 0.3) is 5.91 Å². The van der Waals surface area contributed by atoms with Crippen molar-refractivity contribution >= 4 is 33.9 Å². The Balaban J connectivity index is 1.46. The van der Waals surface area contributed by atoms with Crippen molar-refractivity contribution in [1.82, 2.24) is 24.8 Å². The Labute approximate surface area is 166 Å². The largest absolute Gasteiger partial charge is 0.345 e. The third kappa shape index (κ3) is 2.99. The van der Waals surface area contributed by atoms with Crippen molar-refractivity contribution in [2.45, 2.75) is 0 Å². The van der Waals surface area contributed by atoms with Gasteiger partial charge in [0.05, 0.1) is 5.69 Å². The predicted molar refractivity (Wildman–Crippen MR) is 111 cm³/mol.